The van der Waals surface area contributed by atoms with Gasteiger partial charge in [0, 0.05) is 6.42 Å². The summed E-state index contributed by atoms with van der Waals surface area (Å²) in [5, 5.41) is 37.6. The van der Waals surface area contributed by atoms with Gasteiger partial charge in [-0.05, 0) is 19.3 Å². The topological polar surface area (TPSA) is 98.0 Å². The van der Waals surface area contributed by atoms with Gasteiger partial charge >= 0.3 is 5.97 Å². The lowest BCUT2D eigenvalue weighted by Crippen LogP contribution is -2.23. The van der Waals surface area contributed by atoms with Crippen molar-refractivity contribution in [1.82, 2.24) is 0 Å². The molecule has 142 valence electrons. The van der Waals surface area contributed by atoms with Gasteiger partial charge < -0.3 is 20.4 Å². The molecule has 0 rings (SSSR count). The number of unbranched alkanes of at least 4 members (excludes halogenated alkanes) is 2. The van der Waals surface area contributed by atoms with Gasteiger partial charge in [0.1, 0.15) is 0 Å². The van der Waals surface area contributed by atoms with Crippen molar-refractivity contribution >= 4 is 5.97 Å². The molecule has 0 radical (unpaired) electrons. The average Bonchev–Trinajstić information content (AvgIpc) is 2.56. The minimum atomic E-state index is -0.855. The molecule has 5 nitrogen and oxygen atoms in total. The van der Waals surface area contributed by atoms with Gasteiger partial charge in [-0.1, -0.05) is 74.8 Å². The van der Waals surface area contributed by atoms with E-state index in [1.165, 1.54) is 0 Å². The van der Waals surface area contributed by atoms with Gasteiger partial charge in [0.2, 0.25) is 0 Å². The zero-order chi connectivity index (χ0) is 18.9. The van der Waals surface area contributed by atoms with Crippen LogP contribution in [0, 0.1) is 0 Å². The standard InChI is InChI=1S/C20H32O5/c1-2-3-8-14-18(22)19(23)15-10-7-5-4-6-9-12-17(21)13-11-16-20(24)25/h4-7,9-10,12,15,17-19,21-23H,2-3,8,11,13-14,16H2,1H3,(H,24,25)/b6-4?,7-5?,12-9+,15-10?. The summed E-state index contributed by atoms with van der Waals surface area (Å²) in [6, 6.07) is 0. The first-order valence-electron chi connectivity index (χ1n) is 8.91. The van der Waals surface area contributed by atoms with Gasteiger partial charge in [0.05, 0.1) is 18.3 Å². The van der Waals surface area contributed by atoms with Gasteiger partial charge in [0.15, 0.2) is 0 Å². The Kier molecular flexibility index (Phi) is 14.7. The Hall–Kier alpha value is -1.69. The maximum absolute atomic E-state index is 10.4. The lowest BCUT2D eigenvalue weighted by molar-refractivity contribution is -0.137. The number of aliphatic hydroxyl groups is 3. The van der Waals surface area contributed by atoms with Crippen LogP contribution in [0.1, 0.15) is 51.9 Å². The quantitative estimate of drug-likeness (QED) is 0.284. The molecule has 0 aliphatic rings. The zero-order valence-corrected chi connectivity index (χ0v) is 15.0. The molecule has 0 heterocycles. The molecule has 0 aromatic rings. The highest BCUT2D eigenvalue weighted by Gasteiger charge is 2.11. The van der Waals surface area contributed by atoms with Crippen LogP contribution in [0.3, 0.4) is 0 Å². The summed E-state index contributed by atoms with van der Waals surface area (Å²) >= 11 is 0. The molecule has 0 fully saturated rings. The van der Waals surface area contributed by atoms with E-state index < -0.39 is 24.3 Å². The van der Waals surface area contributed by atoms with Gasteiger partial charge in [-0.25, -0.2) is 0 Å². The van der Waals surface area contributed by atoms with Crippen molar-refractivity contribution in [3.63, 3.8) is 0 Å². The minimum Gasteiger partial charge on any atom is -0.481 e. The van der Waals surface area contributed by atoms with Gasteiger partial charge in [-0.2, -0.15) is 0 Å². The Labute approximate surface area is 150 Å². The Morgan fingerprint density at radius 1 is 0.840 bits per heavy atom. The molecule has 0 bridgehead atoms. The van der Waals surface area contributed by atoms with Crippen molar-refractivity contribution in [3.8, 4) is 0 Å². The Bertz CT molecular complexity index is 451. The van der Waals surface area contributed by atoms with E-state index in [4.69, 9.17) is 5.11 Å². The van der Waals surface area contributed by atoms with E-state index in [0.717, 1.165) is 19.3 Å². The number of carbonyl (C=O) groups is 1. The van der Waals surface area contributed by atoms with Crippen LogP contribution in [0.25, 0.3) is 0 Å². The summed E-state index contributed by atoms with van der Waals surface area (Å²) in [6.45, 7) is 2.09. The molecule has 3 unspecified atom stereocenters. The first-order chi connectivity index (χ1) is 12.0. The van der Waals surface area contributed by atoms with E-state index in [9.17, 15) is 20.1 Å². The third kappa shape index (κ3) is 15.6. The maximum Gasteiger partial charge on any atom is 0.303 e. The lowest BCUT2D eigenvalue weighted by atomic mass is 10.1. The van der Waals surface area contributed by atoms with Crippen LogP contribution in [-0.2, 0) is 4.79 Å². The van der Waals surface area contributed by atoms with Crippen LogP contribution in [0.2, 0.25) is 0 Å². The van der Waals surface area contributed by atoms with Crippen LogP contribution in [-0.4, -0.2) is 44.7 Å². The Morgan fingerprint density at radius 2 is 1.44 bits per heavy atom. The van der Waals surface area contributed by atoms with E-state index in [-0.39, 0.29) is 6.42 Å². The van der Waals surface area contributed by atoms with Crippen molar-refractivity contribution in [1.29, 1.82) is 0 Å². The molecule has 0 saturated heterocycles. The van der Waals surface area contributed by atoms with Crippen molar-refractivity contribution in [2.45, 2.75) is 70.2 Å². The molecule has 0 spiro atoms. The number of allylic oxidation sites excluding steroid dienone is 6. The molecular weight excluding hydrogens is 320 g/mol. The molecule has 0 saturated carbocycles. The van der Waals surface area contributed by atoms with Crippen LogP contribution in [0.15, 0.2) is 48.6 Å². The summed E-state index contributed by atoms with van der Waals surface area (Å²) in [6.07, 6.45) is 16.0. The molecule has 0 aromatic heterocycles. The summed E-state index contributed by atoms with van der Waals surface area (Å²) < 4.78 is 0. The highest BCUT2D eigenvalue weighted by Crippen LogP contribution is 2.07. The lowest BCUT2D eigenvalue weighted by Gasteiger charge is -2.13. The molecule has 3 atom stereocenters. The van der Waals surface area contributed by atoms with Crippen LogP contribution in [0.4, 0.5) is 0 Å². The van der Waals surface area contributed by atoms with Crippen LogP contribution >= 0.6 is 0 Å². The van der Waals surface area contributed by atoms with E-state index in [0.29, 0.717) is 19.3 Å². The molecule has 5 heteroatoms. The first kappa shape index (κ1) is 23.3. The van der Waals surface area contributed by atoms with E-state index in [2.05, 4.69) is 6.92 Å². The number of rotatable bonds is 14. The second-order valence-corrected chi connectivity index (χ2v) is 5.95. The monoisotopic (exact) mass is 352 g/mol. The first-order valence-corrected chi connectivity index (χ1v) is 8.91. The fraction of sp³-hybridized carbons (Fsp3) is 0.550. The fourth-order valence-electron chi connectivity index (χ4n) is 2.09. The van der Waals surface area contributed by atoms with Crippen LogP contribution in [0.5, 0.6) is 0 Å². The van der Waals surface area contributed by atoms with E-state index in [1.54, 1.807) is 48.6 Å². The van der Waals surface area contributed by atoms with Crippen molar-refractivity contribution < 1.29 is 25.2 Å². The van der Waals surface area contributed by atoms with Gasteiger partial charge in [-0.3, -0.25) is 4.79 Å². The third-order valence-electron chi connectivity index (χ3n) is 3.59. The summed E-state index contributed by atoms with van der Waals surface area (Å²) in [5.74, 6) is -0.854. The highest BCUT2D eigenvalue weighted by atomic mass is 16.4. The number of carboxylic acids is 1. The normalized spacial score (nSPS) is 16.3. The molecule has 0 aliphatic heterocycles. The average molecular weight is 352 g/mol. The molecule has 25 heavy (non-hydrogen) atoms. The van der Waals surface area contributed by atoms with E-state index >= 15 is 0 Å². The maximum atomic E-state index is 10.4. The number of carboxylic acid groups (broad SMARTS) is 1. The molecular formula is C20H32O5. The zero-order valence-electron chi connectivity index (χ0n) is 15.0. The molecule has 0 aromatic carbocycles. The number of hydrogen-bond donors (Lipinski definition) is 4. The number of aliphatic carboxylic acids is 1. The van der Waals surface area contributed by atoms with E-state index in [1.807, 2.05) is 0 Å². The highest BCUT2D eigenvalue weighted by molar-refractivity contribution is 5.66. The molecule has 0 amide bonds. The largest absolute Gasteiger partial charge is 0.481 e. The number of aliphatic hydroxyl groups excluding tert-OH is 3. The van der Waals surface area contributed by atoms with Gasteiger partial charge in [0.25, 0.3) is 0 Å². The Morgan fingerprint density at radius 3 is 2.04 bits per heavy atom. The smallest absolute Gasteiger partial charge is 0.303 e. The van der Waals surface area contributed by atoms with Crippen LogP contribution < -0.4 is 0 Å². The predicted molar refractivity (Wildman–Crippen MR) is 100 cm³/mol. The summed E-state index contributed by atoms with van der Waals surface area (Å²) in [5.41, 5.74) is 0. The second kappa shape index (κ2) is 15.8. The second-order valence-electron chi connectivity index (χ2n) is 5.95. The Balaban J connectivity index is 3.96. The van der Waals surface area contributed by atoms with Crippen molar-refractivity contribution in [3.05, 3.63) is 48.6 Å². The van der Waals surface area contributed by atoms with Crippen molar-refractivity contribution in [2.75, 3.05) is 0 Å². The summed E-state index contributed by atoms with van der Waals surface area (Å²) in [7, 11) is 0. The number of hydrogen-bond acceptors (Lipinski definition) is 4. The molecule has 0 aliphatic carbocycles. The third-order valence-corrected chi connectivity index (χ3v) is 3.59. The molecule has 4 N–H and O–H groups in total. The van der Waals surface area contributed by atoms with Gasteiger partial charge in [-0.15, -0.1) is 0 Å². The predicted octanol–water partition coefficient (Wildman–Crippen LogP) is 3.13. The summed E-state index contributed by atoms with van der Waals surface area (Å²) in [4.78, 5) is 10.4. The fourth-order valence-corrected chi connectivity index (χ4v) is 2.09. The minimum absolute atomic E-state index is 0.0644. The van der Waals surface area contributed by atoms with Crippen molar-refractivity contribution in [2.24, 2.45) is 0 Å². The SMILES string of the molecule is CCCCCC(O)C(O)C=CC=CC=C/C=C/C(O)CCCC(=O)O.